The predicted molar refractivity (Wildman–Crippen MR) is 82.3 cm³/mol. The molecule has 1 rings (SSSR count). The van der Waals surface area contributed by atoms with Gasteiger partial charge in [-0.25, -0.2) is 0 Å². The molecule has 0 radical (unpaired) electrons. The minimum absolute atomic E-state index is 0.615. The molecule has 3 heteroatoms. The maximum Gasteiger partial charge on any atom is 0.0331 e. The largest absolute Gasteiger partial charge is 0.315 e. The summed E-state index contributed by atoms with van der Waals surface area (Å²) < 4.78 is 0. The lowest BCUT2D eigenvalue weighted by Gasteiger charge is -2.26. The van der Waals surface area contributed by atoms with E-state index in [1.807, 2.05) is 11.3 Å². The monoisotopic (exact) mass is 268 g/mol. The summed E-state index contributed by atoms with van der Waals surface area (Å²) in [5.74, 6) is 0. The molecular weight excluding hydrogens is 240 g/mol. The van der Waals surface area contributed by atoms with Crippen molar-refractivity contribution in [1.82, 2.24) is 10.2 Å². The summed E-state index contributed by atoms with van der Waals surface area (Å²) in [6.45, 7) is 11.3. The zero-order chi connectivity index (χ0) is 13.2. The van der Waals surface area contributed by atoms with Gasteiger partial charge in [0.1, 0.15) is 0 Å². The van der Waals surface area contributed by atoms with Gasteiger partial charge < -0.3 is 5.32 Å². The van der Waals surface area contributed by atoms with E-state index in [0.717, 1.165) is 19.6 Å². The van der Waals surface area contributed by atoms with Crippen LogP contribution in [0, 0.1) is 0 Å². The highest BCUT2D eigenvalue weighted by atomic mass is 32.1. The van der Waals surface area contributed by atoms with Crippen molar-refractivity contribution in [2.45, 2.75) is 52.6 Å². The Balaban J connectivity index is 2.18. The van der Waals surface area contributed by atoms with Crippen molar-refractivity contribution in [2.24, 2.45) is 0 Å². The van der Waals surface area contributed by atoms with Gasteiger partial charge in [-0.2, -0.15) is 0 Å². The molecule has 0 unspecified atom stereocenters. The Kier molecular flexibility index (Phi) is 8.31. The summed E-state index contributed by atoms with van der Waals surface area (Å²) >= 11 is 1.86. The molecule has 1 aromatic rings. The summed E-state index contributed by atoms with van der Waals surface area (Å²) in [6.07, 6.45) is 3.96. The zero-order valence-corrected chi connectivity index (χ0v) is 12.9. The molecule has 0 aliphatic rings. The maximum absolute atomic E-state index is 3.55. The van der Waals surface area contributed by atoms with Crippen molar-refractivity contribution in [3.05, 3.63) is 22.4 Å². The molecule has 1 N–H and O–H groups in total. The smallest absolute Gasteiger partial charge is 0.0331 e. The van der Waals surface area contributed by atoms with Gasteiger partial charge in [-0.15, -0.1) is 11.3 Å². The predicted octanol–water partition coefficient (Wildman–Crippen LogP) is 3.74. The average Bonchev–Trinajstić information content (AvgIpc) is 2.84. The van der Waals surface area contributed by atoms with Crippen LogP contribution in [0.25, 0.3) is 0 Å². The summed E-state index contributed by atoms with van der Waals surface area (Å²) in [7, 11) is 0. The first-order valence-corrected chi connectivity index (χ1v) is 8.09. The molecule has 1 heterocycles. The Morgan fingerprint density at radius 2 is 2.11 bits per heavy atom. The average molecular weight is 268 g/mol. The first-order valence-electron chi connectivity index (χ1n) is 7.21. The number of thiophene rings is 1. The zero-order valence-electron chi connectivity index (χ0n) is 12.1. The molecule has 0 saturated carbocycles. The van der Waals surface area contributed by atoms with Crippen LogP contribution in [0.2, 0.25) is 0 Å². The van der Waals surface area contributed by atoms with Gasteiger partial charge in [0, 0.05) is 30.6 Å². The van der Waals surface area contributed by atoms with Gasteiger partial charge in [-0.05, 0) is 38.3 Å². The van der Waals surface area contributed by atoms with Crippen molar-refractivity contribution < 1.29 is 0 Å². The Bertz CT molecular complexity index is 283. The third-order valence-corrected chi connectivity index (χ3v) is 4.06. The Morgan fingerprint density at radius 1 is 1.28 bits per heavy atom. The standard InChI is InChI=1S/C15H28N2S/c1-4-5-6-9-16-10-11-17(14(2)3)13-15-8-7-12-18-15/h7-8,12,14,16H,4-6,9-11,13H2,1-3H3. The Labute approximate surface area is 116 Å². The Morgan fingerprint density at radius 3 is 2.72 bits per heavy atom. The molecule has 0 saturated heterocycles. The van der Waals surface area contributed by atoms with Crippen LogP contribution in [-0.4, -0.2) is 30.6 Å². The first kappa shape index (κ1) is 15.7. The number of rotatable bonds is 10. The van der Waals surface area contributed by atoms with E-state index >= 15 is 0 Å². The van der Waals surface area contributed by atoms with Crippen LogP contribution < -0.4 is 5.32 Å². The summed E-state index contributed by atoms with van der Waals surface area (Å²) in [5, 5.41) is 5.71. The summed E-state index contributed by atoms with van der Waals surface area (Å²) in [5.41, 5.74) is 0. The third-order valence-electron chi connectivity index (χ3n) is 3.20. The fourth-order valence-corrected chi connectivity index (χ4v) is 2.70. The second-order valence-electron chi connectivity index (χ2n) is 5.10. The van der Waals surface area contributed by atoms with Crippen LogP contribution in [0.3, 0.4) is 0 Å². The minimum atomic E-state index is 0.615. The van der Waals surface area contributed by atoms with Crippen LogP contribution in [-0.2, 0) is 6.54 Å². The number of hydrogen-bond donors (Lipinski definition) is 1. The van der Waals surface area contributed by atoms with Gasteiger partial charge in [-0.3, -0.25) is 4.90 Å². The Hall–Kier alpha value is -0.380. The van der Waals surface area contributed by atoms with Crippen LogP contribution in [0.1, 0.15) is 44.9 Å². The van der Waals surface area contributed by atoms with Crippen molar-refractivity contribution in [3.63, 3.8) is 0 Å². The van der Waals surface area contributed by atoms with E-state index in [1.54, 1.807) is 0 Å². The molecule has 0 spiro atoms. The van der Waals surface area contributed by atoms with Crippen molar-refractivity contribution >= 4 is 11.3 Å². The molecule has 0 amide bonds. The molecule has 0 atom stereocenters. The third kappa shape index (κ3) is 6.53. The number of hydrogen-bond acceptors (Lipinski definition) is 3. The highest BCUT2D eigenvalue weighted by molar-refractivity contribution is 7.09. The van der Waals surface area contributed by atoms with E-state index in [0.29, 0.717) is 6.04 Å². The van der Waals surface area contributed by atoms with Crippen LogP contribution >= 0.6 is 11.3 Å². The highest BCUT2D eigenvalue weighted by Crippen LogP contribution is 2.13. The molecule has 18 heavy (non-hydrogen) atoms. The molecular formula is C15H28N2S. The van der Waals surface area contributed by atoms with Crippen molar-refractivity contribution in [3.8, 4) is 0 Å². The van der Waals surface area contributed by atoms with E-state index in [-0.39, 0.29) is 0 Å². The highest BCUT2D eigenvalue weighted by Gasteiger charge is 2.09. The second-order valence-corrected chi connectivity index (χ2v) is 6.13. The van der Waals surface area contributed by atoms with Gasteiger partial charge in [0.2, 0.25) is 0 Å². The molecule has 1 aromatic heterocycles. The maximum atomic E-state index is 3.55. The van der Waals surface area contributed by atoms with Crippen LogP contribution in [0.5, 0.6) is 0 Å². The van der Waals surface area contributed by atoms with Crippen LogP contribution in [0.4, 0.5) is 0 Å². The van der Waals surface area contributed by atoms with Crippen molar-refractivity contribution in [2.75, 3.05) is 19.6 Å². The molecule has 0 bridgehead atoms. The number of nitrogens with zero attached hydrogens (tertiary/aromatic N) is 1. The topological polar surface area (TPSA) is 15.3 Å². The van der Waals surface area contributed by atoms with Gasteiger partial charge in [0.25, 0.3) is 0 Å². The first-order chi connectivity index (χ1) is 8.74. The molecule has 0 aromatic carbocycles. The van der Waals surface area contributed by atoms with Gasteiger partial charge in [0.05, 0.1) is 0 Å². The fraction of sp³-hybridized carbons (Fsp3) is 0.733. The summed E-state index contributed by atoms with van der Waals surface area (Å²) in [6, 6.07) is 4.99. The second kappa shape index (κ2) is 9.54. The van der Waals surface area contributed by atoms with Gasteiger partial charge in [0.15, 0.2) is 0 Å². The van der Waals surface area contributed by atoms with E-state index in [4.69, 9.17) is 0 Å². The molecule has 2 nitrogen and oxygen atoms in total. The van der Waals surface area contributed by atoms with Crippen molar-refractivity contribution in [1.29, 1.82) is 0 Å². The lowest BCUT2D eigenvalue weighted by Crippen LogP contribution is -2.36. The summed E-state index contributed by atoms with van der Waals surface area (Å²) in [4.78, 5) is 4.01. The number of nitrogens with one attached hydrogen (secondary N) is 1. The molecule has 0 aliphatic carbocycles. The minimum Gasteiger partial charge on any atom is -0.315 e. The SMILES string of the molecule is CCCCCNCCN(Cc1cccs1)C(C)C. The quantitative estimate of drug-likeness (QED) is 0.650. The lowest BCUT2D eigenvalue weighted by molar-refractivity contribution is 0.215. The van der Waals surface area contributed by atoms with Gasteiger partial charge >= 0.3 is 0 Å². The molecule has 0 aliphatic heterocycles. The normalized spacial score (nSPS) is 11.6. The van der Waals surface area contributed by atoms with Crippen LogP contribution in [0.15, 0.2) is 17.5 Å². The van der Waals surface area contributed by atoms with E-state index in [9.17, 15) is 0 Å². The van der Waals surface area contributed by atoms with Gasteiger partial charge in [-0.1, -0.05) is 25.8 Å². The van der Waals surface area contributed by atoms with E-state index < -0.39 is 0 Å². The molecule has 0 fully saturated rings. The molecule has 104 valence electrons. The lowest BCUT2D eigenvalue weighted by atomic mass is 10.2. The van der Waals surface area contributed by atoms with E-state index in [1.165, 1.54) is 30.7 Å². The number of unbranched alkanes of at least 4 members (excludes halogenated alkanes) is 2. The van der Waals surface area contributed by atoms with E-state index in [2.05, 4.69) is 48.5 Å². The fourth-order valence-electron chi connectivity index (χ4n) is 1.97.